The highest BCUT2D eigenvalue weighted by Crippen LogP contribution is 2.21. The first-order chi connectivity index (χ1) is 11.7. The van der Waals surface area contributed by atoms with Crippen molar-refractivity contribution in [2.24, 2.45) is 4.99 Å². The van der Waals surface area contributed by atoms with Gasteiger partial charge in [-0.25, -0.2) is 4.99 Å². The zero-order valence-electron chi connectivity index (χ0n) is 13.7. The van der Waals surface area contributed by atoms with Crippen LogP contribution in [0.5, 0.6) is 0 Å². The van der Waals surface area contributed by atoms with Gasteiger partial charge in [-0.1, -0.05) is 25.3 Å². The Balaban J connectivity index is 1.58. The maximum Gasteiger partial charge on any atom is 0.279 e. The number of aliphatic imine (C=N–C) groups is 1. The number of nitrogens with one attached hydrogen (secondary N) is 2. The number of carbonyl (C=O) groups excluding carboxylic acids is 1. The van der Waals surface area contributed by atoms with E-state index >= 15 is 0 Å². The average molecular weight is 323 g/mol. The normalized spacial score (nSPS) is 20.9. The number of hydrogen-bond acceptors (Lipinski definition) is 4. The molecule has 1 aromatic carbocycles. The Morgan fingerprint density at radius 1 is 1.29 bits per heavy atom. The average Bonchev–Trinajstić information content (AvgIpc) is 3.16. The lowest BCUT2D eigenvalue weighted by molar-refractivity contribution is -0.121. The number of hydrogen-bond donors (Lipinski definition) is 2. The van der Waals surface area contributed by atoms with Crippen LogP contribution in [0.3, 0.4) is 0 Å². The van der Waals surface area contributed by atoms with Gasteiger partial charge in [0, 0.05) is 18.5 Å². The van der Waals surface area contributed by atoms with Gasteiger partial charge in [0.05, 0.1) is 11.7 Å². The molecule has 0 unspecified atom stereocenters. The molecule has 124 valence electrons. The van der Waals surface area contributed by atoms with E-state index in [0.29, 0.717) is 17.7 Å². The first kappa shape index (κ1) is 14.9. The zero-order valence-corrected chi connectivity index (χ0v) is 13.7. The molecular formula is C18H21N5O. The Bertz CT molecular complexity index is 829. The number of amides is 1. The first-order valence-corrected chi connectivity index (χ1v) is 8.49. The standard InChI is InChI=1S/C18H21N5O/c1-23-17(24)16(21-18(23)20-14-5-3-2-4-6-14)10-12-7-8-15-13(9-12)11-19-22-15/h7-11,14H,2-6H2,1H3,(H,19,22)(H,20,21)/b16-10-. The second-order valence-corrected chi connectivity index (χ2v) is 6.53. The minimum atomic E-state index is -0.0689. The summed E-state index contributed by atoms with van der Waals surface area (Å²) in [6.45, 7) is 0. The number of aromatic nitrogens is 2. The summed E-state index contributed by atoms with van der Waals surface area (Å²) in [5, 5.41) is 11.4. The Morgan fingerprint density at radius 2 is 2.12 bits per heavy atom. The molecule has 0 radical (unpaired) electrons. The van der Waals surface area contributed by atoms with Gasteiger partial charge in [0.25, 0.3) is 5.91 Å². The zero-order chi connectivity index (χ0) is 16.5. The number of fused-ring (bicyclic) bond motifs is 1. The topological polar surface area (TPSA) is 73.4 Å². The smallest absolute Gasteiger partial charge is 0.279 e. The van der Waals surface area contributed by atoms with Crippen LogP contribution in [-0.4, -0.2) is 40.1 Å². The summed E-state index contributed by atoms with van der Waals surface area (Å²) in [6, 6.07) is 6.35. The molecule has 4 rings (SSSR count). The molecule has 2 heterocycles. The summed E-state index contributed by atoms with van der Waals surface area (Å²) in [7, 11) is 1.77. The van der Waals surface area contributed by atoms with Crippen molar-refractivity contribution in [1.82, 2.24) is 20.4 Å². The molecule has 0 atom stereocenters. The predicted molar refractivity (Wildman–Crippen MR) is 94.3 cm³/mol. The highest BCUT2D eigenvalue weighted by atomic mass is 16.2. The van der Waals surface area contributed by atoms with Crippen molar-refractivity contribution in [1.29, 1.82) is 0 Å². The summed E-state index contributed by atoms with van der Waals surface area (Å²) >= 11 is 0. The van der Waals surface area contributed by atoms with Gasteiger partial charge in [0.15, 0.2) is 0 Å². The summed E-state index contributed by atoms with van der Waals surface area (Å²) in [5.74, 6) is 0.600. The molecule has 6 heteroatoms. The van der Waals surface area contributed by atoms with Crippen molar-refractivity contribution < 1.29 is 4.79 Å². The third-order valence-corrected chi connectivity index (χ3v) is 4.77. The third-order valence-electron chi connectivity index (χ3n) is 4.77. The fraction of sp³-hybridized carbons (Fsp3) is 0.389. The third kappa shape index (κ3) is 2.79. The summed E-state index contributed by atoms with van der Waals surface area (Å²) in [5.41, 5.74) is 2.40. The van der Waals surface area contributed by atoms with Crippen LogP contribution in [0, 0.1) is 0 Å². The van der Waals surface area contributed by atoms with Gasteiger partial charge in [-0.3, -0.25) is 14.8 Å². The van der Waals surface area contributed by atoms with E-state index in [1.807, 2.05) is 24.3 Å². The monoisotopic (exact) mass is 323 g/mol. The molecule has 6 nitrogen and oxygen atoms in total. The van der Waals surface area contributed by atoms with Crippen molar-refractivity contribution in [3.63, 3.8) is 0 Å². The van der Waals surface area contributed by atoms with Gasteiger partial charge in [0.1, 0.15) is 5.70 Å². The Morgan fingerprint density at radius 3 is 2.96 bits per heavy atom. The number of guanidine groups is 1. The van der Waals surface area contributed by atoms with E-state index in [0.717, 1.165) is 29.3 Å². The molecular weight excluding hydrogens is 302 g/mol. The lowest BCUT2D eigenvalue weighted by atomic mass is 9.96. The number of carbonyl (C=O) groups is 1. The number of nitrogens with zero attached hydrogens (tertiary/aromatic N) is 3. The molecule has 1 amide bonds. The van der Waals surface area contributed by atoms with Gasteiger partial charge in [-0.2, -0.15) is 5.10 Å². The largest absolute Gasteiger partial charge is 0.353 e. The maximum atomic E-state index is 12.5. The van der Waals surface area contributed by atoms with Crippen LogP contribution in [0.25, 0.3) is 17.0 Å². The van der Waals surface area contributed by atoms with Crippen LogP contribution in [0.1, 0.15) is 37.7 Å². The SMILES string of the molecule is CN1C(=O)/C(=C/c2ccc3[nH]ncc3c2)N=C1NC1CCCCC1. The van der Waals surface area contributed by atoms with E-state index in [-0.39, 0.29) is 5.91 Å². The molecule has 0 saturated heterocycles. The lowest BCUT2D eigenvalue weighted by Gasteiger charge is -2.25. The van der Waals surface area contributed by atoms with Crippen LogP contribution in [0.15, 0.2) is 35.1 Å². The van der Waals surface area contributed by atoms with Gasteiger partial charge >= 0.3 is 0 Å². The van der Waals surface area contributed by atoms with Crippen LogP contribution >= 0.6 is 0 Å². The molecule has 1 aromatic heterocycles. The molecule has 1 fully saturated rings. The fourth-order valence-electron chi connectivity index (χ4n) is 3.37. The minimum absolute atomic E-state index is 0.0689. The molecule has 1 aliphatic heterocycles. The van der Waals surface area contributed by atoms with Crippen molar-refractivity contribution in [2.75, 3.05) is 7.05 Å². The number of likely N-dealkylation sites (N-methyl/N-ethyl adjacent to an activating group) is 1. The van der Waals surface area contributed by atoms with E-state index in [9.17, 15) is 4.79 Å². The number of H-pyrrole nitrogens is 1. The van der Waals surface area contributed by atoms with Crippen LogP contribution in [-0.2, 0) is 4.79 Å². The van der Waals surface area contributed by atoms with E-state index in [1.54, 1.807) is 18.1 Å². The van der Waals surface area contributed by atoms with Gasteiger partial charge in [-0.15, -0.1) is 0 Å². The number of benzene rings is 1. The Kier molecular flexibility index (Phi) is 3.80. The molecule has 1 aliphatic carbocycles. The van der Waals surface area contributed by atoms with E-state index < -0.39 is 0 Å². The number of aromatic amines is 1. The quantitative estimate of drug-likeness (QED) is 0.835. The Labute approximate surface area is 140 Å². The Hall–Kier alpha value is -2.63. The first-order valence-electron chi connectivity index (χ1n) is 8.49. The van der Waals surface area contributed by atoms with Crippen molar-refractivity contribution >= 4 is 28.8 Å². The lowest BCUT2D eigenvalue weighted by Crippen LogP contribution is -2.44. The van der Waals surface area contributed by atoms with Crippen LogP contribution in [0.4, 0.5) is 0 Å². The summed E-state index contributed by atoms with van der Waals surface area (Å²) in [4.78, 5) is 18.6. The molecule has 0 bridgehead atoms. The summed E-state index contributed by atoms with van der Waals surface area (Å²) in [6.07, 6.45) is 9.71. The van der Waals surface area contributed by atoms with Crippen molar-refractivity contribution in [3.05, 3.63) is 35.7 Å². The van der Waals surface area contributed by atoms with Crippen molar-refractivity contribution in [3.8, 4) is 0 Å². The number of rotatable bonds is 2. The molecule has 1 saturated carbocycles. The van der Waals surface area contributed by atoms with Gasteiger partial charge < -0.3 is 5.32 Å². The second kappa shape index (κ2) is 6.11. The van der Waals surface area contributed by atoms with Gasteiger partial charge in [-0.05, 0) is 36.6 Å². The summed E-state index contributed by atoms with van der Waals surface area (Å²) < 4.78 is 0. The molecule has 2 N–H and O–H groups in total. The van der Waals surface area contributed by atoms with E-state index in [1.165, 1.54) is 19.3 Å². The highest BCUT2D eigenvalue weighted by molar-refractivity contribution is 6.13. The minimum Gasteiger partial charge on any atom is -0.353 e. The molecule has 24 heavy (non-hydrogen) atoms. The fourth-order valence-corrected chi connectivity index (χ4v) is 3.37. The molecule has 2 aromatic rings. The predicted octanol–water partition coefficient (Wildman–Crippen LogP) is 2.65. The maximum absolute atomic E-state index is 12.5. The second-order valence-electron chi connectivity index (χ2n) is 6.53. The molecule has 2 aliphatic rings. The highest BCUT2D eigenvalue weighted by Gasteiger charge is 2.28. The van der Waals surface area contributed by atoms with Crippen molar-refractivity contribution in [2.45, 2.75) is 38.1 Å². The van der Waals surface area contributed by atoms with Gasteiger partial charge in [0.2, 0.25) is 5.96 Å². The van der Waals surface area contributed by atoms with Crippen LogP contribution < -0.4 is 5.32 Å². The molecule has 0 spiro atoms. The van der Waals surface area contributed by atoms with Crippen LogP contribution in [0.2, 0.25) is 0 Å². The van der Waals surface area contributed by atoms with E-state index in [2.05, 4.69) is 20.5 Å². The van der Waals surface area contributed by atoms with E-state index in [4.69, 9.17) is 0 Å².